The second-order valence-corrected chi connectivity index (χ2v) is 5.68. The first-order valence-corrected chi connectivity index (χ1v) is 7.34. The Kier molecular flexibility index (Phi) is 3.85. The van der Waals surface area contributed by atoms with E-state index in [2.05, 4.69) is 15.9 Å². The molecule has 1 aliphatic rings. The second-order valence-electron chi connectivity index (χ2n) is 4.76. The number of rotatable bonds is 3. The quantitative estimate of drug-likeness (QED) is 0.606. The highest BCUT2D eigenvalue weighted by molar-refractivity contribution is 9.10. The van der Waals surface area contributed by atoms with Crippen LogP contribution in [0.2, 0.25) is 0 Å². The van der Waals surface area contributed by atoms with Crippen molar-refractivity contribution in [3.05, 3.63) is 73.9 Å². The van der Waals surface area contributed by atoms with E-state index in [4.69, 9.17) is 9.47 Å². The highest BCUT2D eigenvalue weighted by Gasteiger charge is 2.34. The van der Waals surface area contributed by atoms with Crippen LogP contribution in [0.4, 0.5) is 0 Å². The summed E-state index contributed by atoms with van der Waals surface area (Å²) in [7, 11) is 1.54. The fourth-order valence-electron chi connectivity index (χ4n) is 2.40. The molecule has 1 unspecified atom stereocenters. The number of methoxy groups -OCH3 is 1. The van der Waals surface area contributed by atoms with Crippen LogP contribution >= 0.6 is 15.9 Å². The van der Waals surface area contributed by atoms with Crippen LogP contribution in [0.1, 0.15) is 17.2 Å². The Hall–Kier alpha value is -2.34. The zero-order valence-corrected chi connectivity index (χ0v) is 13.2. The van der Waals surface area contributed by atoms with Crippen LogP contribution < -0.4 is 9.47 Å². The Labute approximate surface area is 135 Å². The minimum atomic E-state index is -0.765. The molecule has 2 aromatic carbocycles. The van der Waals surface area contributed by atoms with Crippen LogP contribution in [-0.4, -0.2) is 12.0 Å². The van der Waals surface area contributed by atoms with Gasteiger partial charge in [-0.25, -0.2) is 0 Å². The lowest BCUT2D eigenvalue weighted by atomic mass is 10.0. The van der Waals surface area contributed by atoms with Crippen molar-refractivity contribution < 1.29 is 14.4 Å². The summed E-state index contributed by atoms with van der Waals surface area (Å²) in [5.41, 5.74) is 1.34. The van der Waals surface area contributed by atoms with E-state index in [1.54, 1.807) is 24.3 Å². The maximum Gasteiger partial charge on any atom is 0.291 e. The molecular weight excluding hydrogens is 350 g/mol. The van der Waals surface area contributed by atoms with Crippen molar-refractivity contribution in [3.8, 4) is 11.5 Å². The Balaban J connectivity index is 2.16. The van der Waals surface area contributed by atoms with Crippen molar-refractivity contribution in [2.24, 2.45) is 0 Å². The normalized spacial score (nSPS) is 16.3. The molecule has 3 rings (SSSR count). The lowest BCUT2D eigenvalue weighted by molar-refractivity contribution is -0.434. The molecule has 0 aromatic heterocycles. The van der Waals surface area contributed by atoms with Crippen LogP contribution in [0.5, 0.6) is 11.5 Å². The van der Waals surface area contributed by atoms with Gasteiger partial charge < -0.3 is 9.47 Å². The van der Waals surface area contributed by atoms with Gasteiger partial charge in [-0.05, 0) is 12.1 Å². The van der Waals surface area contributed by atoms with E-state index in [1.165, 1.54) is 13.2 Å². The van der Waals surface area contributed by atoms with Crippen molar-refractivity contribution >= 4 is 22.0 Å². The summed E-state index contributed by atoms with van der Waals surface area (Å²) in [6, 6.07) is 12.6. The standard InChI is InChI=1S/C16H12BrNO4/c1-21-14-9-12(17)7-11-8-13(18(19)20)15(22-16(11)14)10-5-3-2-4-6-10/h2-9,15H,1H3. The molecule has 22 heavy (non-hydrogen) atoms. The molecule has 112 valence electrons. The molecule has 6 heteroatoms. The van der Waals surface area contributed by atoms with Gasteiger partial charge in [0, 0.05) is 21.7 Å². The number of hydrogen-bond acceptors (Lipinski definition) is 4. The molecule has 0 spiro atoms. The molecule has 0 saturated carbocycles. The van der Waals surface area contributed by atoms with E-state index in [0.29, 0.717) is 17.1 Å². The predicted molar refractivity (Wildman–Crippen MR) is 85.5 cm³/mol. The average Bonchev–Trinajstić information content (AvgIpc) is 2.53. The minimum absolute atomic E-state index is 0.00106. The van der Waals surface area contributed by atoms with Crippen molar-refractivity contribution in [2.45, 2.75) is 6.10 Å². The van der Waals surface area contributed by atoms with Gasteiger partial charge in [-0.3, -0.25) is 10.1 Å². The largest absolute Gasteiger partial charge is 0.493 e. The van der Waals surface area contributed by atoms with Gasteiger partial charge in [0.05, 0.1) is 12.0 Å². The topological polar surface area (TPSA) is 61.6 Å². The lowest BCUT2D eigenvalue weighted by Crippen LogP contribution is -2.20. The minimum Gasteiger partial charge on any atom is -0.493 e. The van der Waals surface area contributed by atoms with Gasteiger partial charge in [0.25, 0.3) is 5.70 Å². The van der Waals surface area contributed by atoms with Crippen molar-refractivity contribution in [3.63, 3.8) is 0 Å². The number of hydrogen-bond donors (Lipinski definition) is 0. The van der Waals surface area contributed by atoms with Crippen molar-refractivity contribution in [1.29, 1.82) is 0 Å². The second kappa shape index (κ2) is 5.81. The van der Waals surface area contributed by atoms with E-state index in [1.807, 2.05) is 18.2 Å². The van der Waals surface area contributed by atoms with Crippen LogP contribution in [0.3, 0.4) is 0 Å². The van der Waals surface area contributed by atoms with Gasteiger partial charge in [-0.2, -0.15) is 0 Å². The lowest BCUT2D eigenvalue weighted by Gasteiger charge is -2.24. The maximum absolute atomic E-state index is 11.4. The summed E-state index contributed by atoms with van der Waals surface area (Å²) < 4.78 is 12.0. The van der Waals surface area contributed by atoms with Crippen molar-refractivity contribution in [2.75, 3.05) is 7.11 Å². The summed E-state index contributed by atoms with van der Waals surface area (Å²) >= 11 is 3.36. The third kappa shape index (κ3) is 2.57. The molecular formula is C16H12BrNO4. The molecule has 0 saturated heterocycles. The molecule has 0 radical (unpaired) electrons. The zero-order valence-electron chi connectivity index (χ0n) is 11.7. The van der Waals surface area contributed by atoms with E-state index < -0.39 is 11.0 Å². The van der Waals surface area contributed by atoms with Gasteiger partial charge in [0.1, 0.15) is 0 Å². The summed E-state index contributed by atoms with van der Waals surface area (Å²) in [6.07, 6.45) is 0.767. The van der Waals surface area contributed by atoms with Crippen molar-refractivity contribution in [1.82, 2.24) is 0 Å². The molecule has 0 bridgehead atoms. The molecule has 1 heterocycles. The Bertz CT molecular complexity index is 758. The predicted octanol–water partition coefficient (Wildman–Crippen LogP) is 4.21. The van der Waals surface area contributed by atoms with E-state index in [9.17, 15) is 10.1 Å². The fourth-order valence-corrected chi connectivity index (χ4v) is 2.86. The molecule has 1 aliphatic heterocycles. The van der Waals surface area contributed by atoms with E-state index >= 15 is 0 Å². The van der Waals surface area contributed by atoms with Gasteiger partial charge in [0.2, 0.25) is 6.10 Å². The number of benzene rings is 2. The highest BCUT2D eigenvalue weighted by Crippen LogP contribution is 2.44. The van der Waals surface area contributed by atoms with Gasteiger partial charge in [0.15, 0.2) is 11.5 Å². The highest BCUT2D eigenvalue weighted by atomic mass is 79.9. The number of halogens is 1. The third-order valence-electron chi connectivity index (χ3n) is 3.39. The molecule has 1 atom stereocenters. The third-order valence-corrected chi connectivity index (χ3v) is 3.85. The average molecular weight is 362 g/mol. The maximum atomic E-state index is 11.4. The van der Waals surface area contributed by atoms with Gasteiger partial charge in [-0.15, -0.1) is 0 Å². The molecule has 0 aliphatic carbocycles. The Morgan fingerprint density at radius 1 is 1.27 bits per heavy atom. The first kappa shape index (κ1) is 14.6. The van der Waals surface area contributed by atoms with E-state index in [-0.39, 0.29) is 5.70 Å². The smallest absolute Gasteiger partial charge is 0.291 e. The first-order chi connectivity index (χ1) is 10.6. The zero-order chi connectivity index (χ0) is 15.7. The SMILES string of the molecule is COc1cc(Br)cc2c1OC(c1ccccc1)C([N+](=O)[O-])=C2. The monoisotopic (exact) mass is 361 g/mol. The summed E-state index contributed by atoms with van der Waals surface area (Å²) in [5.74, 6) is 1.04. The van der Waals surface area contributed by atoms with Crippen LogP contribution in [0.25, 0.3) is 6.08 Å². The first-order valence-electron chi connectivity index (χ1n) is 6.55. The van der Waals surface area contributed by atoms with Gasteiger partial charge in [-0.1, -0.05) is 46.3 Å². The summed E-state index contributed by atoms with van der Waals surface area (Å²) in [5, 5.41) is 11.4. The van der Waals surface area contributed by atoms with Gasteiger partial charge >= 0.3 is 0 Å². The number of nitro groups is 1. The molecule has 0 fully saturated rings. The number of fused-ring (bicyclic) bond motifs is 1. The van der Waals surface area contributed by atoms with E-state index in [0.717, 1.165) is 10.0 Å². The Morgan fingerprint density at radius 2 is 2.00 bits per heavy atom. The molecule has 5 nitrogen and oxygen atoms in total. The summed E-state index contributed by atoms with van der Waals surface area (Å²) in [6.45, 7) is 0. The fraction of sp³-hybridized carbons (Fsp3) is 0.125. The number of ether oxygens (including phenoxy) is 2. The van der Waals surface area contributed by atoms with Crippen LogP contribution in [0, 0.1) is 10.1 Å². The number of nitrogens with zero attached hydrogens (tertiary/aromatic N) is 1. The molecule has 0 amide bonds. The molecule has 2 aromatic rings. The van der Waals surface area contributed by atoms with Crippen LogP contribution in [0.15, 0.2) is 52.6 Å². The Morgan fingerprint density at radius 3 is 2.64 bits per heavy atom. The summed E-state index contributed by atoms with van der Waals surface area (Å²) in [4.78, 5) is 11.0. The van der Waals surface area contributed by atoms with Crippen LogP contribution in [-0.2, 0) is 0 Å². The molecule has 0 N–H and O–H groups in total.